The standard InChI is InChI=1S/C25H28N4O3/c1-31-19-10-5-17(6-11-19)7-14-23(30)29-15-3-4-22(29)24-21(16-27-25(26)28-24)18-8-12-20(32-2)13-9-18/h5-6,8-13,16,22H,3-4,7,14-15H2,1-2H3,(H2,26,27,28)/t22-/m1/s1. The van der Waals surface area contributed by atoms with E-state index in [-0.39, 0.29) is 17.9 Å². The Labute approximate surface area is 188 Å². The van der Waals surface area contributed by atoms with E-state index in [9.17, 15) is 4.79 Å². The fourth-order valence-electron chi connectivity index (χ4n) is 4.19. The molecule has 1 aliphatic heterocycles. The Balaban J connectivity index is 1.54. The van der Waals surface area contributed by atoms with E-state index < -0.39 is 0 Å². The van der Waals surface area contributed by atoms with E-state index >= 15 is 0 Å². The van der Waals surface area contributed by atoms with E-state index in [4.69, 9.17) is 15.2 Å². The molecule has 1 saturated heterocycles. The molecular formula is C25H28N4O3. The SMILES string of the molecule is COc1ccc(CCC(=O)N2CCC[C@@H]2c2nc(N)ncc2-c2ccc(OC)cc2)cc1. The lowest BCUT2D eigenvalue weighted by Gasteiger charge is -2.26. The molecule has 0 spiro atoms. The molecule has 7 nitrogen and oxygen atoms in total. The topological polar surface area (TPSA) is 90.6 Å². The van der Waals surface area contributed by atoms with Crippen molar-refractivity contribution in [2.45, 2.75) is 31.7 Å². The maximum atomic E-state index is 13.2. The number of carbonyl (C=O) groups excluding carboxylic acids is 1. The van der Waals surface area contributed by atoms with Crippen LogP contribution in [0.5, 0.6) is 11.5 Å². The van der Waals surface area contributed by atoms with Crippen LogP contribution in [0.3, 0.4) is 0 Å². The van der Waals surface area contributed by atoms with E-state index in [0.717, 1.165) is 53.3 Å². The van der Waals surface area contributed by atoms with Gasteiger partial charge in [0.05, 0.1) is 26.0 Å². The van der Waals surface area contributed by atoms with Crippen LogP contribution in [0.15, 0.2) is 54.7 Å². The van der Waals surface area contributed by atoms with Gasteiger partial charge in [-0.3, -0.25) is 4.79 Å². The van der Waals surface area contributed by atoms with Gasteiger partial charge < -0.3 is 20.1 Å². The van der Waals surface area contributed by atoms with Crippen LogP contribution in [0, 0.1) is 0 Å². The number of nitrogens with two attached hydrogens (primary N) is 1. The lowest BCUT2D eigenvalue weighted by molar-refractivity contribution is -0.132. The molecule has 7 heteroatoms. The van der Waals surface area contributed by atoms with Crippen LogP contribution >= 0.6 is 0 Å². The van der Waals surface area contributed by atoms with Crippen molar-refractivity contribution in [1.82, 2.24) is 14.9 Å². The molecule has 1 aromatic heterocycles. The van der Waals surface area contributed by atoms with Crippen LogP contribution in [0.1, 0.15) is 36.6 Å². The van der Waals surface area contributed by atoms with Gasteiger partial charge in [0.2, 0.25) is 11.9 Å². The average Bonchev–Trinajstić information content (AvgIpc) is 3.33. The van der Waals surface area contributed by atoms with Crippen molar-refractivity contribution in [2.24, 2.45) is 0 Å². The maximum absolute atomic E-state index is 13.2. The van der Waals surface area contributed by atoms with Gasteiger partial charge in [-0.25, -0.2) is 9.97 Å². The van der Waals surface area contributed by atoms with Crippen LogP contribution in [-0.2, 0) is 11.2 Å². The second kappa shape index (κ2) is 9.68. The quantitative estimate of drug-likeness (QED) is 0.606. The Morgan fingerprint density at radius 1 is 1.06 bits per heavy atom. The van der Waals surface area contributed by atoms with E-state index in [1.165, 1.54) is 0 Å². The molecule has 1 amide bonds. The van der Waals surface area contributed by atoms with Gasteiger partial charge in [-0.1, -0.05) is 24.3 Å². The number of carbonyl (C=O) groups is 1. The summed E-state index contributed by atoms with van der Waals surface area (Å²) < 4.78 is 10.5. The Hall–Kier alpha value is -3.61. The first-order chi connectivity index (χ1) is 15.6. The lowest BCUT2D eigenvalue weighted by atomic mass is 9.99. The molecular weight excluding hydrogens is 404 g/mol. The molecule has 2 N–H and O–H groups in total. The summed E-state index contributed by atoms with van der Waals surface area (Å²) in [7, 11) is 3.28. The third kappa shape index (κ3) is 4.66. The number of ether oxygens (including phenoxy) is 2. The molecule has 32 heavy (non-hydrogen) atoms. The zero-order valence-electron chi connectivity index (χ0n) is 18.5. The van der Waals surface area contributed by atoms with E-state index in [1.807, 2.05) is 53.4 Å². The number of hydrogen-bond acceptors (Lipinski definition) is 6. The number of rotatable bonds is 7. The molecule has 2 heterocycles. The van der Waals surface area contributed by atoms with E-state index in [2.05, 4.69) is 9.97 Å². The molecule has 0 radical (unpaired) electrons. The predicted molar refractivity (Wildman–Crippen MR) is 123 cm³/mol. The molecule has 0 unspecified atom stereocenters. The minimum atomic E-state index is -0.110. The first-order valence-corrected chi connectivity index (χ1v) is 10.8. The van der Waals surface area contributed by atoms with E-state index in [0.29, 0.717) is 12.8 Å². The fraction of sp³-hybridized carbons (Fsp3) is 0.320. The Morgan fingerprint density at radius 3 is 2.38 bits per heavy atom. The second-order valence-corrected chi connectivity index (χ2v) is 7.85. The highest BCUT2D eigenvalue weighted by Gasteiger charge is 2.32. The number of anilines is 1. The summed E-state index contributed by atoms with van der Waals surface area (Å²) in [5, 5.41) is 0. The van der Waals surface area contributed by atoms with Gasteiger partial charge in [0.25, 0.3) is 0 Å². The van der Waals surface area contributed by atoms with Crippen molar-refractivity contribution in [3.63, 3.8) is 0 Å². The van der Waals surface area contributed by atoms with Crippen LogP contribution in [0.25, 0.3) is 11.1 Å². The minimum absolute atomic E-state index is 0.110. The Kier molecular flexibility index (Phi) is 6.54. The number of hydrogen-bond donors (Lipinski definition) is 1. The summed E-state index contributed by atoms with van der Waals surface area (Å²) in [6, 6.07) is 15.5. The molecule has 166 valence electrons. The maximum Gasteiger partial charge on any atom is 0.223 e. The number of amides is 1. The molecule has 1 fully saturated rings. The summed E-state index contributed by atoms with van der Waals surface area (Å²) in [6.45, 7) is 0.720. The monoisotopic (exact) mass is 432 g/mol. The number of nitrogens with zero attached hydrogens (tertiary/aromatic N) is 3. The van der Waals surface area contributed by atoms with Crippen LogP contribution in [-0.4, -0.2) is 41.5 Å². The first-order valence-electron chi connectivity index (χ1n) is 10.8. The van der Waals surface area contributed by atoms with Crippen molar-refractivity contribution >= 4 is 11.9 Å². The van der Waals surface area contributed by atoms with Crippen molar-refractivity contribution in [3.8, 4) is 22.6 Å². The number of aryl methyl sites for hydroxylation is 1. The van der Waals surface area contributed by atoms with Gasteiger partial charge in [0.15, 0.2) is 0 Å². The number of likely N-dealkylation sites (tertiary alicyclic amines) is 1. The molecule has 4 rings (SSSR count). The largest absolute Gasteiger partial charge is 0.497 e. The van der Waals surface area contributed by atoms with Crippen molar-refractivity contribution < 1.29 is 14.3 Å². The van der Waals surface area contributed by atoms with Crippen LogP contribution < -0.4 is 15.2 Å². The summed E-state index contributed by atoms with van der Waals surface area (Å²) in [5.74, 6) is 1.94. The first kappa shape index (κ1) is 21.6. The molecule has 1 atom stereocenters. The van der Waals surface area contributed by atoms with E-state index in [1.54, 1.807) is 20.4 Å². The summed E-state index contributed by atoms with van der Waals surface area (Å²) in [6.07, 6.45) is 4.67. The molecule has 3 aromatic rings. The summed E-state index contributed by atoms with van der Waals surface area (Å²) in [4.78, 5) is 23.9. The molecule has 2 aromatic carbocycles. The van der Waals surface area contributed by atoms with Gasteiger partial charge in [-0.15, -0.1) is 0 Å². The highest BCUT2D eigenvalue weighted by molar-refractivity contribution is 5.78. The number of methoxy groups -OCH3 is 2. The fourth-order valence-corrected chi connectivity index (χ4v) is 4.19. The van der Waals surface area contributed by atoms with Gasteiger partial charge in [0, 0.05) is 24.7 Å². The van der Waals surface area contributed by atoms with Gasteiger partial charge in [0.1, 0.15) is 11.5 Å². The number of nitrogen functional groups attached to an aromatic ring is 1. The van der Waals surface area contributed by atoms with Gasteiger partial charge >= 0.3 is 0 Å². The molecule has 0 saturated carbocycles. The minimum Gasteiger partial charge on any atom is -0.497 e. The van der Waals surface area contributed by atoms with Crippen molar-refractivity contribution in [1.29, 1.82) is 0 Å². The number of benzene rings is 2. The van der Waals surface area contributed by atoms with Gasteiger partial charge in [-0.05, 0) is 54.7 Å². The number of aromatic nitrogens is 2. The predicted octanol–water partition coefficient (Wildman–Crippen LogP) is 4.04. The Bertz CT molecular complexity index is 1070. The third-order valence-electron chi connectivity index (χ3n) is 5.91. The van der Waals surface area contributed by atoms with Crippen LogP contribution in [0.4, 0.5) is 5.95 Å². The second-order valence-electron chi connectivity index (χ2n) is 7.85. The molecule has 1 aliphatic rings. The summed E-state index contributed by atoms with van der Waals surface area (Å²) in [5.41, 5.74) is 9.72. The normalized spacial score (nSPS) is 15.6. The third-order valence-corrected chi connectivity index (χ3v) is 5.91. The van der Waals surface area contributed by atoms with Crippen LogP contribution in [0.2, 0.25) is 0 Å². The zero-order valence-corrected chi connectivity index (χ0v) is 18.5. The van der Waals surface area contributed by atoms with Gasteiger partial charge in [-0.2, -0.15) is 0 Å². The smallest absolute Gasteiger partial charge is 0.223 e. The molecule has 0 aliphatic carbocycles. The summed E-state index contributed by atoms with van der Waals surface area (Å²) >= 11 is 0. The zero-order chi connectivity index (χ0) is 22.5. The lowest BCUT2D eigenvalue weighted by Crippen LogP contribution is -2.31. The van der Waals surface area contributed by atoms with Crippen molar-refractivity contribution in [3.05, 3.63) is 66.0 Å². The Morgan fingerprint density at radius 2 is 1.72 bits per heavy atom. The molecule has 0 bridgehead atoms. The average molecular weight is 433 g/mol. The highest BCUT2D eigenvalue weighted by Crippen LogP contribution is 2.37. The highest BCUT2D eigenvalue weighted by atomic mass is 16.5. The van der Waals surface area contributed by atoms with Crippen molar-refractivity contribution in [2.75, 3.05) is 26.5 Å².